The van der Waals surface area contributed by atoms with Crippen LogP contribution in [0.4, 0.5) is 4.39 Å². The van der Waals surface area contributed by atoms with Crippen molar-refractivity contribution in [1.29, 1.82) is 0 Å². The summed E-state index contributed by atoms with van der Waals surface area (Å²) < 4.78 is 13.6. The van der Waals surface area contributed by atoms with Crippen molar-refractivity contribution in [3.63, 3.8) is 0 Å². The second-order valence-corrected chi connectivity index (χ2v) is 3.73. The number of benzene rings is 1. The zero-order chi connectivity index (χ0) is 9.14. The van der Waals surface area contributed by atoms with Crippen LogP contribution in [-0.2, 0) is 6.42 Å². The highest BCUT2D eigenvalue weighted by Crippen LogP contribution is 2.18. The van der Waals surface area contributed by atoms with Crippen LogP contribution in [0.15, 0.2) is 22.7 Å². The van der Waals surface area contributed by atoms with E-state index in [2.05, 4.69) is 28.1 Å². The summed E-state index contributed by atoms with van der Waals surface area (Å²) in [4.78, 5) is 0.298. The lowest BCUT2D eigenvalue weighted by Gasteiger charge is -2.02. The van der Waals surface area contributed by atoms with Crippen LogP contribution in [0, 0.1) is 5.82 Å². The van der Waals surface area contributed by atoms with E-state index >= 15 is 0 Å². The average Bonchev–Trinajstić information content (AvgIpc) is 1.98. The molecule has 0 fully saturated rings. The Balaban J connectivity index is 3.00. The minimum Gasteiger partial charge on any atom is -0.393 e. The van der Waals surface area contributed by atoms with Gasteiger partial charge in [0.25, 0.3) is 0 Å². The zero-order valence-electron chi connectivity index (χ0n) is 6.18. The lowest BCUT2D eigenvalue weighted by atomic mass is 10.1. The molecule has 0 atom stereocenters. The summed E-state index contributed by atoms with van der Waals surface area (Å²) in [5, 5.41) is 0. The van der Waals surface area contributed by atoms with Crippen molar-refractivity contribution in [1.82, 2.24) is 0 Å². The van der Waals surface area contributed by atoms with Crippen molar-refractivity contribution in [3.05, 3.63) is 34.1 Å². The topological polar surface area (TPSA) is 26.0 Å². The number of thiocarbonyl (C=S) groups is 1. The van der Waals surface area contributed by atoms with E-state index in [0.717, 1.165) is 0 Å². The normalized spacial score (nSPS) is 9.83. The molecule has 1 rings (SSSR count). The molecule has 2 N–H and O–H groups in total. The maximum Gasteiger partial charge on any atom is 0.140 e. The SMILES string of the molecule is NC(=S)Cc1cccc(Br)c1F. The van der Waals surface area contributed by atoms with E-state index in [4.69, 9.17) is 5.73 Å². The molecule has 4 heteroatoms. The second-order valence-electron chi connectivity index (χ2n) is 2.36. The fourth-order valence-electron chi connectivity index (χ4n) is 0.873. The Kier molecular flexibility index (Phi) is 3.17. The summed E-state index contributed by atoms with van der Waals surface area (Å²) >= 11 is 7.75. The van der Waals surface area contributed by atoms with E-state index in [9.17, 15) is 4.39 Å². The van der Waals surface area contributed by atoms with Gasteiger partial charge in [-0.1, -0.05) is 24.4 Å². The van der Waals surface area contributed by atoms with Crippen LogP contribution in [0.1, 0.15) is 5.56 Å². The number of nitrogens with two attached hydrogens (primary N) is 1. The monoisotopic (exact) mass is 247 g/mol. The fraction of sp³-hybridized carbons (Fsp3) is 0.125. The minimum absolute atomic E-state index is 0.287. The van der Waals surface area contributed by atoms with Gasteiger partial charge in [0.15, 0.2) is 0 Å². The highest BCUT2D eigenvalue weighted by atomic mass is 79.9. The lowest BCUT2D eigenvalue weighted by Crippen LogP contribution is -2.12. The maximum absolute atomic E-state index is 13.2. The largest absolute Gasteiger partial charge is 0.393 e. The van der Waals surface area contributed by atoms with Crippen LogP contribution in [0.5, 0.6) is 0 Å². The molecule has 0 amide bonds. The minimum atomic E-state index is -0.287. The second kappa shape index (κ2) is 3.96. The highest BCUT2D eigenvalue weighted by Gasteiger charge is 2.05. The predicted octanol–water partition coefficient (Wildman–Crippen LogP) is 2.42. The van der Waals surface area contributed by atoms with Gasteiger partial charge in [0.1, 0.15) is 5.82 Å². The molecule has 0 unspecified atom stereocenters. The number of halogens is 2. The molecular weight excluding hydrogens is 241 g/mol. The Labute approximate surface area is 83.9 Å². The van der Waals surface area contributed by atoms with Gasteiger partial charge in [0.05, 0.1) is 9.46 Å². The van der Waals surface area contributed by atoms with Gasteiger partial charge < -0.3 is 5.73 Å². The van der Waals surface area contributed by atoms with Crippen molar-refractivity contribution in [2.75, 3.05) is 0 Å². The molecule has 0 heterocycles. The average molecular weight is 248 g/mol. The van der Waals surface area contributed by atoms with Gasteiger partial charge >= 0.3 is 0 Å². The van der Waals surface area contributed by atoms with Crippen LogP contribution in [-0.4, -0.2) is 4.99 Å². The van der Waals surface area contributed by atoms with Gasteiger partial charge in [0.2, 0.25) is 0 Å². The first-order chi connectivity index (χ1) is 5.61. The summed E-state index contributed by atoms with van der Waals surface area (Å²) in [6.45, 7) is 0. The first kappa shape index (κ1) is 9.61. The lowest BCUT2D eigenvalue weighted by molar-refractivity contribution is 0.609. The van der Waals surface area contributed by atoms with Crippen molar-refractivity contribution in [2.45, 2.75) is 6.42 Å². The third kappa shape index (κ3) is 2.25. The van der Waals surface area contributed by atoms with Gasteiger partial charge in [0, 0.05) is 6.42 Å². The van der Waals surface area contributed by atoms with Gasteiger partial charge in [-0.25, -0.2) is 4.39 Å². The van der Waals surface area contributed by atoms with Crippen LogP contribution < -0.4 is 5.73 Å². The molecule has 1 nitrogen and oxygen atoms in total. The van der Waals surface area contributed by atoms with Gasteiger partial charge in [-0.05, 0) is 27.6 Å². The Morgan fingerprint density at radius 1 is 1.58 bits per heavy atom. The molecule has 0 spiro atoms. The van der Waals surface area contributed by atoms with Crippen molar-refractivity contribution in [3.8, 4) is 0 Å². The predicted molar refractivity (Wildman–Crippen MR) is 54.6 cm³/mol. The molecule has 0 aliphatic carbocycles. The Bertz CT molecular complexity index is 314. The Morgan fingerprint density at radius 3 is 2.83 bits per heavy atom. The quantitative estimate of drug-likeness (QED) is 0.813. The molecule has 1 aromatic carbocycles. The molecule has 0 saturated carbocycles. The summed E-state index contributed by atoms with van der Waals surface area (Å²) in [6.07, 6.45) is 0.306. The van der Waals surface area contributed by atoms with Gasteiger partial charge in [-0.2, -0.15) is 0 Å². The van der Waals surface area contributed by atoms with Crippen LogP contribution in [0.3, 0.4) is 0 Å². The first-order valence-electron chi connectivity index (χ1n) is 3.32. The molecule has 1 aromatic rings. The third-order valence-electron chi connectivity index (χ3n) is 1.40. The van der Waals surface area contributed by atoms with E-state index in [1.807, 2.05) is 0 Å². The molecule has 0 aromatic heterocycles. The molecule has 64 valence electrons. The van der Waals surface area contributed by atoms with Gasteiger partial charge in [-0.15, -0.1) is 0 Å². The van der Waals surface area contributed by atoms with Gasteiger partial charge in [-0.3, -0.25) is 0 Å². The molecule has 12 heavy (non-hydrogen) atoms. The standard InChI is InChI=1S/C8H7BrFNS/c9-6-3-1-2-5(8(6)10)4-7(11)12/h1-3H,4H2,(H2,11,12). The van der Waals surface area contributed by atoms with Crippen LogP contribution >= 0.6 is 28.1 Å². The van der Waals surface area contributed by atoms with Crippen LogP contribution in [0.25, 0.3) is 0 Å². The Hall–Kier alpha value is -0.480. The van der Waals surface area contributed by atoms with Crippen molar-refractivity contribution < 1.29 is 4.39 Å². The van der Waals surface area contributed by atoms with Crippen molar-refractivity contribution in [2.24, 2.45) is 5.73 Å². The van der Waals surface area contributed by atoms with E-state index < -0.39 is 0 Å². The molecular formula is C8H7BrFNS. The third-order valence-corrected chi connectivity index (χ3v) is 2.15. The van der Waals surface area contributed by atoms with Crippen LogP contribution in [0.2, 0.25) is 0 Å². The number of hydrogen-bond donors (Lipinski definition) is 1. The van der Waals surface area contributed by atoms with Crippen molar-refractivity contribution >= 4 is 33.1 Å². The molecule has 0 bridgehead atoms. The summed E-state index contributed by atoms with van der Waals surface area (Å²) in [5.74, 6) is -0.287. The maximum atomic E-state index is 13.2. The number of rotatable bonds is 2. The smallest absolute Gasteiger partial charge is 0.140 e. The summed E-state index contributed by atoms with van der Waals surface area (Å²) in [7, 11) is 0. The molecule has 0 aliphatic rings. The van der Waals surface area contributed by atoms with E-state index in [0.29, 0.717) is 21.4 Å². The molecule has 0 saturated heterocycles. The molecule has 0 radical (unpaired) electrons. The number of hydrogen-bond acceptors (Lipinski definition) is 1. The summed E-state index contributed by atoms with van der Waals surface area (Å²) in [6, 6.07) is 5.05. The van der Waals surface area contributed by atoms with E-state index in [1.165, 1.54) is 0 Å². The molecule has 0 aliphatic heterocycles. The zero-order valence-corrected chi connectivity index (χ0v) is 8.58. The van der Waals surface area contributed by atoms with E-state index in [1.54, 1.807) is 18.2 Å². The fourth-order valence-corrected chi connectivity index (χ4v) is 1.44. The first-order valence-corrected chi connectivity index (χ1v) is 4.52. The van der Waals surface area contributed by atoms with E-state index in [-0.39, 0.29) is 5.82 Å². The Morgan fingerprint density at radius 2 is 2.25 bits per heavy atom. The summed E-state index contributed by atoms with van der Waals surface area (Å²) in [5.41, 5.74) is 5.82. The highest BCUT2D eigenvalue weighted by molar-refractivity contribution is 9.10.